The van der Waals surface area contributed by atoms with E-state index in [9.17, 15) is 9.18 Å². The van der Waals surface area contributed by atoms with E-state index in [1.807, 2.05) is 43.3 Å². The van der Waals surface area contributed by atoms with Crippen molar-refractivity contribution < 1.29 is 9.13 Å². The lowest BCUT2D eigenvalue weighted by Crippen LogP contribution is -2.19. The molecule has 4 rings (SSSR count). The maximum atomic E-state index is 13.4. The van der Waals surface area contributed by atoms with Crippen LogP contribution in [0.25, 0.3) is 16.9 Å². The zero-order valence-corrected chi connectivity index (χ0v) is 17.4. The Hall–Kier alpha value is -4.00. The number of nitrogens with one attached hydrogen (secondary N) is 1. The van der Waals surface area contributed by atoms with Gasteiger partial charge in [-0.15, -0.1) is 0 Å². The van der Waals surface area contributed by atoms with Crippen molar-refractivity contribution in [2.45, 2.75) is 13.8 Å². The molecule has 0 atom stereocenters. The van der Waals surface area contributed by atoms with Crippen LogP contribution in [0.15, 0.2) is 76.5 Å². The fourth-order valence-corrected chi connectivity index (χ4v) is 3.33. The van der Waals surface area contributed by atoms with Gasteiger partial charge in [-0.25, -0.2) is 19.0 Å². The van der Waals surface area contributed by atoms with E-state index >= 15 is 0 Å². The van der Waals surface area contributed by atoms with Crippen molar-refractivity contribution in [1.82, 2.24) is 14.8 Å². The van der Waals surface area contributed by atoms with Crippen molar-refractivity contribution in [3.8, 4) is 22.7 Å². The molecule has 0 aliphatic heterocycles. The Kier molecular flexibility index (Phi) is 5.49. The molecule has 2 heterocycles. The van der Waals surface area contributed by atoms with E-state index in [1.54, 1.807) is 32.2 Å². The summed E-state index contributed by atoms with van der Waals surface area (Å²) in [5.74, 6) is 0.856. The first-order valence-corrected chi connectivity index (χ1v) is 9.71. The van der Waals surface area contributed by atoms with Crippen molar-refractivity contribution in [3.63, 3.8) is 0 Å². The van der Waals surface area contributed by atoms with E-state index in [-0.39, 0.29) is 11.4 Å². The summed E-state index contributed by atoms with van der Waals surface area (Å²) < 4.78 is 20.0. The summed E-state index contributed by atoms with van der Waals surface area (Å²) in [6.07, 6.45) is 0. The molecule has 0 bridgehead atoms. The van der Waals surface area contributed by atoms with Gasteiger partial charge in [0.2, 0.25) is 0 Å². The van der Waals surface area contributed by atoms with Gasteiger partial charge in [0.05, 0.1) is 29.8 Å². The lowest BCUT2D eigenvalue weighted by Gasteiger charge is -2.05. The molecular formula is C24H21FN4O2. The van der Waals surface area contributed by atoms with Crippen LogP contribution in [0.5, 0.6) is 5.75 Å². The first kappa shape index (κ1) is 20.3. The third-order valence-electron chi connectivity index (χ3n) is 4.87. The molecule has 0 amide bonds. The molecule has 4 aromatic rings. The molecule has 1 N–H and O–H groups in total. The largest absolute Gasteiger partial charge is 0.497 e. The number of aromatic amines is 1. The number of aromatic nitrogens is 3. The molecule has 0 radical (unpaired) electrons. The number of rotatable bonds is 5. The fourth-order valence-electron chi connectivity index (χ4n) is 3.33. The predicted octanol–water partition coefficient (Wildman–Crippen LogP) is 4.82. The van der Waals surface area contributed by atoms with Crippen molar-refractivity contribution in [2.75, 3.05) is 7.11 Å². The average Bonchev–Trinajstić information content (AvgIpc) is 3.11. The lowest BCUT2D eigenvalue weighted by molar-refractivity contribution is 0.415. The van der Waals surface area contributed by atoms with Crippen LogP contribution in [-0.4, -0.2) is 27.6 Å². The van der Waals surface area contributed by atoms with Gasteiger partial charge < -0.3 is 4.74 Å². The third kappa shape index (κ3) is 4.16. The number of hydrogen-bond donors (Lipinski definition) is 1. The van der Waals surface area contributed by atoms with Crippen LogP contribution in [0.4, 0.5) is 10.2 Å². The smallest absolute Gasteiger partial charge is 0.280 e. The molecule has 2 aromatic heterocycles. The van der Waals surface area contributed by atoms with Gasteiger partial charge in [-0.3, -0.25) is 9.89 Å². The molecule has 0 aliphatic carbocycles. The minimum atomic E-state index is -0.373. The van der Waals surface area contributed by atoms with E-state index in [0.717, 1.165) is 11.3 Å². The Morgan fingerprint density at radius 2 is 1.77 bits per heavy atom. The molecule has 2 aromatic carbocycles. The molecule has 0 saturated carbocycles. The second kappa shape index (κ2) is 8.39. The van der Waals surface area contributed by atoms with Gasteiger partial charge in [-0.05, 0) is 74.5 Å². The zero-order valence-electron chi connectivity index (χ0n) is 17.4. The second-order valence-corrected chi connectivity index (χ2v) is 7.04. The van der Waals surface area contributed by atoms with Crippen molar-refractivity contribution in [1.29, 1.82) is 0 Å². The maximum Gasteiger partial charge on any atom is 0.280 e. The highest BCUT2D eigenvalue weighted by atomic mass is 19.1. The number of ether oxygens (including phenoxy) is 1. The van der Waals surface area contributed by atoms with Crippen LogP contribution in [0.2, 0.25) is 0 Å². The van der Waals surface area contributed by atoms with Crippen LogP contribution in [0, 0.1) is 12.7 Å². The minimum Gasteiger partial charge on any atom is -0.497 e. The molecule has 0 fully saturated rings. The summed E-state index contributed by atoms with van der Waals surface area (Å²) in [7, 11) is 1.60. The summed E-state index contributed by atoms with van der Waals surface area (Å²) in [5.41, 5.74) is 3.40. The highest BCUT2D eigenvalue weighted by molar-refractivity contribution is 6.04. The lowest BCUT2D eigenvalue weighted by atomic mass is 10.1. The number of benzene rings is 2. The van der Waals surface area contributed by atoms with Gasteiger partial charge in [0.25, 0.3) is 5.56 Å². The van der Waals surface area contributed by atoms with Gasteiger partial charge in [0, 0.05) is 11.3 Å². The van der Waals surface area contributed by atoms with Crippen LogP contribution in [0.3, 0.4) is 0 Å². The zero-order chi connectivity index (χ0) is 22.0. The predicted molar refractivity (Wildman–Crippen MR) is 119 cm³/mol. The van der Waals surface area contributed by atoms with E-state index < -0.39 is 0 Å². The molecule has 31 heavy (non-hydrogen) atoms. The second-order valence-electron chi connectivity index (χ2n) is 7.04. The van der Waals surface area contributed by atoms with Crippen LogP contribution >= 0.6 is 0 Å². The minimum absolute atomic E-state index is 0.286. The summed E-state index contributed by atoms with van der Waals surface area (Å²) in [4.78, 5) is 22.4. The summed E-state index contributed by atoms with van der Waals surface area (Å²) in [6, 6.07) is 18.6. The standard InChI is InChI=1S/C24H21FN4O2/c1-15-5-4-6-21(26-15)27-16(2)22-23(17-7-13-20(31-3)14-8-17)28-29(24(22)30)19-11-9-18(25)10-12-19/h4-14,28H,1-3H3/b27-16-. The van der Waals surface area contributed by atoms with Gasteiger partial charge in [-0.1, -0.05) is 6.07 Å². The number of hydrogen-bond acceptors (Lipinski definition) is 4. The highest BCUT2D eigenvalue weighted by Crippen LogP contribution is 2.25. The van der Waals surface area contributed by atoms with E-state index in [0.29, 0.717) is 34.2 Å². The fraction of sp³-hybridized carbons (Fsp3) is 0.125. The number of methoxy groups -OCH3 is 1. The van der Waals surface area contributed by atoms with Gasteiger partial charge in [0.1, 0.15) is 11.6 Å². The Labute approximate surface area is 178 Å². The topological polar surface area (TPSA) is 72.3 Å². The molecular weight excluding hydrogens is 395 g/mol. The number of aryl methyl sites for hydroxylation is 1. The number of pyridine rings is 1. The van der Waals surface area contributed by atoms with Gasteiger partial charge in [0.15, 0.2) is 5.82 Å². The molecule has 0 unspecified atom stereocenters. The third-order valence-corrected chi connectivity index (χ3v) is 4.87. The molecule has 0 saturated heterocycles. The Balaban J connectivity index is 1.90. The average molecular weight is 416 g/mol. The molecule has 156 valence electrons. The first-order chi connectivity index (χ1) is 15.0. The van der Waals surface area contributed by atoms with Gasteiger partial charge in [-0.2, -0.15) is 0 Å². The van der Waals surface area contributed by atoms with E-state index in [4.69, 9.17) is 4.74 Å². The van der Waals surface area contributed by atoms with E-state index in [2.05, 4.69) is 15.1 Å². The van der Waals surface area contributed by atoms with Crippen molar-refractivity contribution in [3.05, 3.63) is 94.2 Å². The molecule has 0 spiro atoms. The first-order valence-electron chi connectivity index (χ1n) is 9.71. The molecule has 0 aliphatic rings. The molecule has 6 nitrogen and oxygen atoms in total. The van der Waals surface area contributed by atoms with Crippen LogP contribution in [0.1, 0.15) is 18.2 Å². The number of halogens is 1. The number of aliphatic imine (C=N–C) groups is 1. The SMILES string of the molecule is COc1ccc(-c2[nH]n(-c3ccc(F)cc3)c(=O)c2/C(C)=N\c2cccc(C)n2)cc1. The van der Waals surface area contributed by atoms with Crippen LogP contribution < -0.4 is 10.3 Å². The maximum absolute atomic E-state index is 13.4. The summed E-state index contributed by atoms with van der Waals surface area (Å²) in [6.45, 7) is 3.66. The monoisotopic (exact) mass is 416 g/mol. The molecule has 7 heteroatoms. The summed E-state index contributed by atoms with van der Waals surface area (Å²) >= 11 is 0. The number of nitrogens with zero attached hydrogens (tertiary/aromatic N) is 3. The number of H-pyrrole nitrogens is 1. The quantitative estimate of drug-likeness (QED) is 0.474. The van der Waals surface area contributed by atoms with Crippen molar-refractivity contribution in [2.24, 2.45) is 4.99 Å². The Morgan fingerprint density at radius 3 is 2.42 bits per heavy atom. The summed E-state index contributed by atoms with van der Waals surface area (Å²) in [5, 5.41) is 3.16. The van der Waals surface area contributed by atoms with Crippen molar-refractivity contribution >= 4 is 11.5 Å². The Bertz CT molecular complexity index is 1300. The van der Waals surface area contributed by atoms with Crippen LogP contribution in [-0.2, 0) is 0 Å². The highest BCUT2D eigenvalue weighted by Gasteiger charge is 2.19. The normalized spacial score (nSPS) is 11.5. The Morgan fingerprint density at radius 1 is 1.06 bits per heavy atom. The van der Waals surface area contributed by atoms with Gasteiger partial charge >= 0.3 is 0 Å². The van der Waals surface area contributed by atoms with E-state index in [1.165, 1.54) is 16.8 Å².